The summed E-state index contributed by atoms with van der Waals surface area (Å²) in [6.07, 6.45) is 6.39. The van der Waals surface area contributed by atoms with Crippen LogP contribution in [0, 0.1) is 6.92 Å². The highest BCUT2D eigenvalue weighted by atomic mass is 32.2. The molecule has 0 unspecified atom stereocenters. The maximum atomic E-state index is 12.8. The lowest BCUT2D eigenvalue weighted by Gasteiger charge is -2.25. The first kappa shape index (κ1) is 16.1. The van der Waals surface area contributed by atoms with Gasteiger partial charge in [0.25, 0.3) is 0 Å². The molecule has 0 saturated carbocycles. The average Bonchev–Trinajstić information content (AvgIpc) is 3.06. The maximum absolute atomic E-state index is 12.8. The van der Waals surface area contributed by atoms with Crippen LogP contribution in [0.1, 0.15) is 17.5 Å². The lowest BCUT2D eigenvalue weighted by atomic mass is 10.0. The second kappa shape index (κ2) is 6.13. The van der Waals surface area contributed by atoms with Gasteiger partial charge in [0.1, 0.15) is 0 Å². The highest BCUT2D eigenvalue weighted by molar-refractivity contribution is 7.89. The topological polar surface area (TPSA) is 66.1 Å². The van der Waals surface area contributed by atoms with Crippen molar-refractivity contribution in [3.05, 3.63) is 66.0 Å². The number of nitrogens with zero attached hydrogens (tertiary/aromatic N) is 2. The quantitative estimate of drug-likeness (QED) is 0.785. The van der Waals surface area contributed by atoms with Crippen LogP contribution in [-0.4, -0.2) is 35.8 Å². The SMILES string of the molecule is Cc1ccc(S(=O)(=O)N2CC=C(c3c[nH]c4cccnc34)CC2)cc1. The molecule has 0 atom stereocenters. The Morgan fingerprint density at radius 3 is 2.68 bits per heavy atom. The molecule has 2 aromatic heterocycles. The number of nitrogens with one attached hydrogen (secondary N) is 1. The minimum absolute atomic E-state index is 0.351. The molecule has 5 nitrogen and oxygen atoms in total. The predicted octanol–water partition coefficient (Wildman–Crippen LogP) is 3.35. The van der Waals surface area contributed by atoms with Crippen molar-refractivity contribution >= 4 is 26.6 Å². The molecule has 3 heterocycles. The lowest BCUT2D eigenvalue weighted by Crippen LogP contribution is -2.34. The number of rotatable bonds is 3. The van der Waals surface area contributed by atoms with E-state index >= 15 is 0 Å². The summed E-state index contributed by atoms with van der Waals surface area (Å²) in [4.78, 5) is 8.01. The summed E-state index contributed by atoms with van der Waals surface area (Å²) in [5.41, 5.74) is 5.17. The van der Waals surface area contributed by atoms with Gasteiger partial charge in [-0.25, -0.2) is 8.42 Å². The standard InChI is InChI=1S/C19H19N3O2S/c1-14-4-6-16(7-5-14)25(23,24)22-11-8-15(9-12-22)17-13-21-18-3-2-10-20-19(17)18/h2-8,10,13,21H,9,11-12H2,1H3. The Bertz CT molecular complexity index is 1050. The highest BCUT2D eigenvalue weighted by Crippen LogP contribution is 2.29. The van der Waals surface area contributed by atoms with Crippen molar-refractivity contribution in [2.75, 3.05) is 13.1 Å². The summed E-state index contributed by atoms with van der Waals surface area (Å²) in [7, 11) is -3.45. The van der Waals surface area contributed by atoms with Gasteiger partial charge < -0.3 is 4.98 Å². The number of pyridine rings is 1. The van der Waals surface area contributed by atoms with Gasteiger partial charge in [0.05, 0.1) is 15.9 Å². The zero-order valence-electron chi connectivity index (χ0n) is 13.9. The fourth-order valence-electron chi connectivity index (χ4n) is 3.17. The Morgan fingerprint density at radius 1 is 1.16 bits per heavy atom. The normalized spacial score (nSPS) is 16.1. The minimum atomic E-state index is -3.45. The Hall–Kier alpha value is -2.44. The first-order valence-corrected chi connectivity index (χ1v) is 9.68. The molecular weight excluding hydrogens is 334 g/mol. The summed E-state index contributed by atoms with van der Waals surface area (Å²) in [6.45, 7) is 2.80. The molecule has 0 radical (unpaired) electrons. The number of aromatic amines is 1. The van der Waals surface area contributed by atoms with E-state index < -0.39 is 10.0 Å². The van der Waals surface area contributed by atoms with Crippen molar-refractivity contribution in [1.82, 2.24) is 14.3 Å². The van der Waals surface area contributed by atoms with Crippen molar-refractivity contribution in [3.8, 4) is 0 Å². The first-order valence-electron chi connectivity index (χ1n) is 8.24. The molecule has 1 N–H and O–H groups in total. The summed E-state index contributed by atoms with van der Waals surface area (Å²) >= 11 is 0. The van der Waals surface area contributed by atoms with Gasteiger partial charge >= 0.3 is 0 Å². The van der Waals surface area contributed by atoms with Gasteiger partial charge in [-0.2, -0.15) is 4.31 Å². The van der Waals surface area contributed by atoms with E-state index in [0.29, 0.717) is 24.4 Å². The first-order chi connectivity index (χ1) is 12.1. The van der Waals surface area contributed by atoms with E-state index in [-0.39, 0.29) is 0 Å². The fraction of sp³-hybridized carbons (Fsp3) is 0.211. The Morgan fingerprint density at radius 2 is 1.96 bits per heavy atom. The number of hydrogen-bond donors (Lipinski definition) is 1. The second-order valence-corrected chi connectivity index (χ2v) is 8.20. The number of H-pyrrole nitrogens is 1. The summed E-state index contributed by atoms with van der Waals surface area (Å²) < 4.78 is 27.1. The molecule has 0 spiro atoms. The van der Waals surface area contributed by atoms with Gasteiger partial charge in [-0.15, -0.1) is 0 Å². The van der Waals surface area contributed by atoms with Gasteiger partial charge in [-0.1, -0.05) is 23.8 Å². The number of fused-ring (bicyclic) bond motifs is 1. The van der Waals surface area contributed by atoms with Crippen LogP contribution in [0.5, 0.6) is 0 Å². The number of benzene rings is 1. The maximum Gasteiger partial charge on any atom is 0.243 e. The molecule has 1 aliphatic rings. The van der Waals surface area contributed by atoms with E-state index in [1.165, 1.54) is 4.31 Å². The van der Waals surface area contributed by atoms with E-state index in [4.69, 9.17) is 0 Å². The van der Waals surface area contributed by atoms with Crippen LogP contribution < -0.4 is 0 Å². The van der Waals surface area contributed by atoms with Crippen LogP contribution in [0.3, 0.4) is 0 Å². The average molecular weight is 353 g/mol. The molecule has 1 aliphatic heterocycles. The molecule has 128 valence electrons. The third-order valence-corrected chi connectivity index (χ3v) is 6.49. The van der Waals surface area contributed by atoms with Crippen LogP contribution in [-0.2, 0) is 10.0 Å². The van der Waals surface area contributed by atoms with E-state index in [2.05, 4.69) is 9.97 Å². The van der Waals surface area contributed by atoms with Gasteiger partial charge in [0.2, 0.25) is 10.0 Å². The van der Waals surface area contributed by atoms with Crippen molar-refractivity contribution in [3.63, 3.8) is 0 Å². The molecule has 4 rings (SSSR count). The zero-order valence-corrected chi connectivity index (χ0v) is 14.8. The largest absolute Gasteiger partial charge is 0.359 e. The lowest BCUT2D eigenvalue weighted by molar-refractivity contribution is 0.441. The highest BCUT2D eigenvalue weighted by Gasteiger charge is 2.26. The van der Waals surface area contributed by atoms with E-state index in [9.17, 15) is 8.42 Å². The van der Waals surface area contributed by atoms with Crippen LogP contribution >= 0.6 is 0 Å². The van der Waals surface area contributed by atoms with E-state index in [1.54, 1.807) is 18.3 Å². The zero-order chi connectivity index (χ0) is 17.4. The third kappa shape index (κ3) is 2.88. The Labute approximate surface area is 147 Å². The minimum Gasteiger partial charge on any atom is -0.359 e. The smallest absolute Gasteiger partial charge is 0.243 e. The monoisotopic (exact) mass is 353 g/mol. The van der Waals surface area contributed by atoms with Gasteiger partial charge in [-0.05, 0) is 43.2 Å². The van der Waals surface area contributed by atoms with Crippen LogP contribution in [0.15, 0.2) is 59.8 Å². The molecule has 6 heteroatoms. The van der Waals surface area contributed by atoms with Crippen LogP contribution in [0.4, 0.5) is 0 Å². The number of sulfonamides is 1. The third-order valence-electron chi connectivity index (χ3n) is 4.61. The van der Waals surface area contributed by atoms with Gasteiger partial charge in [0, 0.05) is 31.0 Å². The molecule has 0 saturated heterocycles. The predicted molar refractivity (Wildman–Crippen MR) is 98.6 cm³/mol. The molecule has 0 aliphatic carbocycles. The molecule has 1 aromatic carbocycles. The number of aryl methyl sites for hydroxylation is 1. The summed E-state index contributed by atoms with van der Waals surface area (Å²) in [6, 6.07) is 10.9. The summed E-state index contributed by atoms with van der Waals surface area (Å²) in [5.74, 6) is 0. The molecule has 0 bridgehead atoms. The molecule has 25 heavy (non-hydrogen) atoms. The Balaban J connectivity index is 1.60. The number of hydrogen-bond acceptors (Lipinski definition) is 3. The van der Waals surface area contributed by atoms with E-state index in [0.717, 1.165) is 27.7 Å². The van der Waals surface area contributed by atoms with Crippen molar-refractivity contribution in [2.45, 2.75) is 18.2 Å². The second-order valence-electron chi connectivity index (χ2n) is 6.26. The molecule has 0 fully saturated rings. The Kier molecular flexibility index (Phi) is 3.94. The van der Waals surface area contributed by atoms with Crippen LogP contribution in [0.25, 0.3) is 16.6 Å². The van der Waals surface area contributed by atoms with Crippen molar-refractivity contribution in [2.24, 2.45) is 0 Å². The van der Waals surface area contributed by atoms with E-state index in [1.807, 2.05) is 43.5 Å². The molecular formula is C19H19N3O2S. The van der Waals surface area contributed by atoms with Gasteiger partial charge in [0.15, 0.2) is 0 Å². The van der Waals surface area contributed by atoms with Crippen molar-refractivity contribution in [1.29, 1.82) is 0 Å². The summed E-state index contributed by atoms with van der Waals surface area (Å²) in [5, 5.41) is 0. The molecule has 3 aromatic rings. The number of aromatic nitrogens is 2. The fourth-order valence-corrected chi connectivity index (χ4v) is 4.55. The van der Waals surface area contributed by atoms with Crippen LogP contribution in [0.2, 0.25) is 0 Å². The molecule has 0 amide bonds. The van der Waals surface area contributed by atoms with Crippen molar-refractivity contribution < 1.29 is 8.42 Å². The van der Waals surface area contributed by atoms with Gasteiger partial charge in [-0.3, -0.25) is 4.98 Å².